The van der Waals surface area contributed by atoms with Crippen LogP contribution in [0.1, 0.15) is 23.7 Å². The van der Waals surface area contributed by atoms with Crippen molar-refractivity contribution in [2.45, 2.75) is 19.4 Å². The zero-order valence-electron chi connectivity index (χ0n) is 13.7. The molecule has 0 spiro atoms. The first-order chi connectivity index (χ1) is 11.1. The van der Waals surface area contributed by atoms with Crippen molar-refractivity contribution in [3.8, 4) is 0 Å². The molecule has 0 aliphatic carbocycles. The number of hydrogen-bond acceptors (Lipinski definition) is 4. The molecular weight excluding hydrogens is 297 g/mol. The summed E-state index contributed by atoms with van der Waals surface area (Å²) in [5.74, 6) is -0.860. The standard InChI is InChI=1S/C17H26FN3O2/c1-2-14(22)13-21-11-9-20(10-12-21)8-7-19-17(23)15-5-3-4-6-16(15)18/h3-6,14,22H,2,7-13H2,1H3,(H,19,23)/t14-/m1/s1. The summed E-state index contributed by atoms with van der Waals surface area (Å²) < 4.78 is 13.5. The lowest BCUT2D eigenvalue weighted by Crippen LogP contribution is -2.50. The minimum absolute atomic E-state index is 0.0888. The quantitative estimate of drug-likeness (QED) is 0.784. The molecule has 1 atom stereocenters. The molecule has 2 rings (SSSR count). The van der Waals surface area contributed by atoms with E-state index in [2.05, 4.69) is 15.1 Å². The number of amides is 1. The Morgan fingerprint density at radius 2 is 1.91 bits per heavy atom. The molecule has 23 heavy (non-hydrogen) atoms. The fourth-order valence-corrected chi connectivity index (χ4v) is 2.69. The number of nitrogens with zero attached hydrogens (tertiary/aromatic N) is 2. The van der Waals surface area contributed by atoms with Gasteiger partial charge in [-0.15, -0.1) is 0 Å². The number of rotatable bonds is 7. The van der Waals surface area contributed by atoms with Crippen LogP contribution in [0, 0.1) is 5.82 Å². The van der Waals surface area contributed by atoms with Gasteiger partial charge in [0.25, 0.3) is 5.91 Å². The molecule has 1 amide bonds. The summed E-state index contributed by atoms with van der Waals surface area (Å²) in [6.45, 7) is 7.68. The second kappa shape index (κ2) is 8.96. The van der Waals surface area contributed by atoms with Crippen molar-refractivity contribution in [3.63, 3.8) is 0 Å². The minimum Gasteiger partial charge on any atom is -0.392 e. The topological polar surface area (TPSA) is 55.8 Å². The van der Waals surface area contributed by atoms with Crippen molar-refractivity contribution in [2.24, 2.45) is 0 Å². The first-order valence-electron chi connectivity index (χ1n) is 8.25. The third kappa shape index (κ3) is 5.57. The molecule has 1 heterocycles. The second-order valence-corrected chi connectivity index (χ2v) is 5.94. The van der Waals surface area contributed by atoms with Gasteiger partial charge in [-0.25, -0.2) is 4.39 Å². The Morgan fingerprint density at radius 1 is 1.26 bits per heavy atom. The van der Waals surface area contributed by atoms with Gasteiger partial charge in [-0.05, 0) is 18.6 Å². The Bertz CT molecular complexity index is 504. The molecule has 0 radical (unpaired) electrons. The van der Waals surface area contributed by atoms with Gasteiger partial charge in [0.05, 0.1) is 11.7 Å². The predicted octanol–water partition coefficient (Wildman–Crippen LogP) is 0.944. The average Bonchev–Trinajstić information content (AvgIpc) is 2.56. The molecule has 0 saturated carbocycles. The Balaban J connectivity index is 1.66. The molecule has 1 aromatic carbocycles. The van der Waals surface area contributed by atoms with E-state index in [1.807, 2.05) is 6.92 Å². The average molecular weight is 323 g/mol. The van der Waals surface area contributed by atoms with E-state index in [1.165, 1.54) is 12.1 Å². The van der Waals surface area contributed by atoms with E-state index >= 15 is 0 Å². The van der Waals surface area contributed by atoms with Gasteiger partial charge in [0.15, 0.2) is 0 Å². The highest BCUT2D eigenvalue weighted by Crippen LogP contribution is 2.06. The van der Waals surface area contributed by atoms with E-state index < -0.39 is 5.82 Å². The van der Waals surface area contributed by atoms with Gasteiger partial charge >= 0.3 is 0 Å². The number of carbonyl (C=O) groups is 1. The molecule has 0 unspecified atom stereocenters. The molecule has 1 aromatic rings. The Hall–Kier alpha value is -1.50. The second-order valence-electron chi connectivity index (χ2n) is 5.94. The summed E-state index contributed by atoms with van der Waals surface area (Å²) in [4.78, 5) is 16.4. The van der Waals surface area contributed by atoms with Crippen LogP contribution in [0.5, 0.6) is 0 Å². The molecule has 1 aliphatic rings. The Labute approximate surface area is 137 Å². The maximum atomic E-state index is 13.5. The number of aliphatic hydroxyl groups is 1. The van der Waals surface area contributed by atoms with E-state index in [0.717, 1.165) is 45.7 Å². The van der Waals surface area contributed by atoms with Crippen LogP contribution in [0.3, 0.4) is 0 Å². The minimum atomic E-state index is -0.493. The summed E-state index contributed by atoms with van der Waals surface area (Å²) in [7, 11) is 0. The largest absolute Gasteiger partial charge is 0.392 e. The first-order valence-corrected chi connectivity index (χ1v) is 8.25. The molecule has 2 N–H and O–H groups in total. The zero-order valence-corrected chi connectivity index (χ0v) is 13.7. The lowest BCUT2D eigenvalue weighted by atomic mass is 10.2. The number of benzene rings is 1. The van der Waals surface area contributed by atoms with Crippen LogP contribution < -0.4 is 5.32 Å². The van der Waals surface area contributed by atoms with Crippen LogP contribution >= 0.6 is 0 Å². The molecule has 5 nitrogen and oxygen atoms in total. The number of β-amino-alcohol motifs (C(OH)–C–C–N with tert-alkyl or cyclic N) is 1. The molecular formula is C17H26FN3O2. The van der Waals surface area contributed by atoms with E-state index in [1.54, 1.807) is 12.1 Å². The number of piperazine rings is 1. The highest BCUT2D eigenvalue weighted by Gasteiger charge is 2.18. The SMILES string of the molecule is CC[C@@H](O)CN1CCN(CCNC(=O)c2ccccc2F)CC1. The maximum Gasteiger partial charge on any atom is 0.254 e. The Kier molecular flexibility index (Phi) is 6.95. The fourth-order valence-electron chi connectivity index (χ4n) is 2.69. The van der Waals surface area contributed by atoms with Gasteiger partial charge in [-0.2, -0.15) is 0 Å². The molecule has 1 saturated heterocycles. The lowest BCUT2D eigenvalue weighted by molar-refractivity contribution is 0.0704. The molecule has 6 heteroatoms. The normalized spacial score (nSPS) is 17.9. The molecule has 0 aromatic heterocycles. The summed E-state index contributed by atoms with van der Waals surface area (Å²) >= 11 is 0. The van der Waals surface area contributed by atoms with Crippen molar-refractivity contribution in [3.05, 3.63) is 35.6 Å². The number of aliphatic hydroxyl groups excluding tert-OH is 1. The van der Waals surface area contributed by atoms with Gasteiger partial charge in [0.2, 0.25) is 0 Å². The van der Waals surface area contributed by atoms with Crippen molar-refractivity contribution >= 4 is 5.91 Å². The van der Waals surface area contributed by atoms with Crippen LogP contribution in [-0.4, -0.2) is 72.7 Å². The van der Waals surface area contributed by atoms with E-state index in [4.69, 9.17) is 0 Å². The highest BCUT2D eigenvalue weighted by molar-refractivity contribution is 5.94. The lowest BCUT2D eigenvalue weighted by Gasteiger charge is -2.35. The van der Waals surface area contributed by atoms with Crippen molar-refractivity contribution < 1.29 is 14.3 Å². The van der Waals surface area contributed by atoms with Crippen LogP contribution in [0.15, 0.2) is 24.3 Å². The highest BCUT2D eigenvalue weighted by atomic mass is 19.1. The fraction of sp³-hybridized carbons (Fsp3) is 0.588. The van der Waals surface area contributed by atoms with E-state index in [0.29, 0.717) is 6.54 Å². The molecule has 1 aliphatic heterocycles. The van der Waals surface area contributed by atoms with Crippen LogP contribution in [0.25, 0.3) is 0 Å². The van der Waals surface area contributed by atoms with E-state index in [9.17, 15) is 14.3 Å². The number of carbonyl (C=O) groups excluding carboxylic acids is 1. The third-order valence-corrected chi connectivity index (χ3v) is 4.24. The van der Waals surface area contributed by atoms with E-state index in [-0.39, 0.29) is 17.6 Å². The van der Waals surface area contributed by atoms with Gasteiger partial charge in [-0.3, -0.25) is 14.6 Å². The van der Waals surface area contributed by atoms with Crippen LogP contribution in [0.2, 0.25) is 0 Å². The summed E-state index contributed by atoms with van der Waals surface area (Å²) in [6.07, 6.45) is 0.532. The smallest absolute Gasteiger partial charge is 0.254 e. The molecule has 0 bridgehead atoms. The Morgan fingerprint density at radius 3 is 2.57 bits per heavy atom. The van der Waals surface area contributed by atoms with Gasteiger partial charge < -0.3 is 10.4 Å². The summed E-state index contributed by atoms with van der Waals surface area (Å²) in [6, 6.07) is 6.00. The maximum absolute atomic E-state index is 13.5. The summed E-state index contributed by atoms with van der Waals surface area (Å²) in [5, 5.41) is 12.4. The monoisotopic (exact) mass is 323 g/mol. The van der Waals surface area contributed by atoms with Crippen molar-refractivity contribution in [1.29, 1.82) is 0 Å². The zero-order chi connectivity index (χ0) is 16.7. The van der Waals surface area contributed by atoms with Crippen LogP contribution in [0.4, 0.5) is 4.39 Å². The molecule has 1 fully saturated rings. The number of halogens is 1. The third-order valence-electron chi connectivity index (χ3n) is 4.24. The summed E-state index contributed by atoms with van der Waals surface area (Å²) in [5.41, 5.74) is 0.0888. The van der Waals surface area contributed by atoms with Crippen molar-refractivity contribution in [1.82, 2.24) is 15.1 Å². The van der Waals surface area contributed by atoms with Gasteiger partial charge in [0, 0.05) is 45.8 Å². The van der Waals surface area contributed by atoms with Gasteiger partial charge in [0.1, 0.15) is 5.82 Å². The molecule has 128 valence electrons. The number of hydrogen-bond donors (Lipinski definition) is 2. The number of nitrogens with one attached hydrogen (secondary N) is 1. The predicted molar refractivity (Wildman–Crippen MR) is 87.9 cm³/mol. The van der Waals surface area contributed by atoms with Crippen molar-refractivity contribution in [2.75, 3.05) is 45.8 Å². The van der Waals surface area contributed by atoms with Crippen LogP contribution in [-0.2, 0) is 0 Å². The van der Waals surface area contributed by atoms with Gasteiger partial charge in [-0.1, -0.05) is 19.1 Å². The first kappa shape index (κ1) is 17.8.